The van der Waals surface area contributed by atoms with Crippen LogP contribution >= 0.6 is 35.0 Å². The number of hydrogen-bond donors (Lipinski definition) is 1. The highest BCUT2D eigenvalue weighted by Crippen LogP contribution is 2.26. The molecule has 0 spiro atoms. The first-order valence-electron chi connectivity index (χ1n) is 5.60. The van der Waals surface area contributed by atoms with Crippen molar-refractivity contribution in [1.82, 2.24) is 15.0 Å². The van der Waals surface area contributed by atoms with Gasteiger partial charge in [0.2, 0.25) is 0 Å². The van der Waals surface area contributed by atoms with E-state index in [-0.39, 0.29) is 0 Å². The molecule has 0 saturated carbocycles. The van der Waals surface area contributed by atoms with Gasteiger partial charge in [-0.1, -0.05) is 53.2 Å². The van der Waals surface area contributed by atoms with Crippen LogP contribution in [-0.4, -0.2) is 15.0 Å². The Hall–Kier alpha value is -1.23. The van der Waals surface area contributed by atoms with Crippen LogP contribution in [0.5, 0.6) is 0 Å². The zero-order chi connectivity index (χ0) is 13.2. The number of nitrogens with zero attached hydrogens (tertiary/aromatic N) is 2. The zero-order valence-electron chi connectivity index (χ0n) is 9.73. The molecule has 0 saturated heterocycles. The lowest BCUT2D eigenvalue weighted by atomic mass is 10.2. The number of hydrogen-bond acceptors (Lipinski definition) is 3. The van der Waals surface area contributed by atoms with Crippen LogP contribution in [-0.2, 0) is 5.75 Å². The second kappa shape index (κ2) is 5.41. The van der Waals surface area contributed by atoms with E-state index in [4.69, 9.17) is 23.2 Å². The molecule has 0 bridgehead atoms. The molecule has 19 heavy (non-hydrogen) atoms. The highest BCUT2D eigenvalue weighted by atomic mass is 35.5. The van der Waals surface area contributed by atoms with E-state index < -0.39 is 0 Å². The molecular formula is C13H9Cl2N3S. The minimum atomic E-state index is 0.596. The van der Waals surface area contributed by atoms with Gasteiger partial charge >= 0.3 is 0 Å². The first-order valence-corrected chi connectivity index (χ1v) is 7.34. The fraction of sp³-hybridized carbons (Fsp3) is 0.0769. The molecule has 0 amide bonds. The van der Waals surface area contributed by atoms with Crippen LogP contribution in [0.1, 0.15) is 5.56 Å². The predicted molar refractivity (Wildman–Crippen MR) is 79.9 cm³/mol. The highest BCUT2D eigenvalue weighted by molar-refractivity contribution is 7.98. The van der Waals surface area contributed by atoms with E-state index >= 15 is 0 Å². The van der Waals surface area contributed by atoms with Crippen molar-refractivity contribution in [1.29, 1.82) is 0 Å². The summed E-state index contributed by atoms with van der Waals surface area (Å²) < 4.78 is 0. The van der Waals surface area contributed by atoms with Crippen molar-refractivity contribution in [3.05, 3.63) is 52.1 Å². The molecule has 0 aliphatic carbocycles. The number of benzene rings is 1. The van der Waals surface area contributed by atoms with Gasteiger partial charge in [-0.15, -0.1) is 0 Å². The summed E-state index contributed by atoms with van der Waals surface area (Å²) >= 11 is 13.6. The lowest BCUT2D eigenvalue weighted by Crippen LogP contribution is -1.83. The number of halogens is 2. The van der Waals surface area contributed by atoms with Crippen molar-refractivity contribution in [2.45, 2.75) is 10.9 Å². The maximum atomic E-state index is 6.12. The van der Waals surface area contributed by atoms with Crippen molar-refractivity contribution in [2.24, 2.45) is 0 Å². The minimum absolute atomic E-state index is 0.596. The molecule has 3 aromatic rings. The number of rotatable bonds is 3. The predicted octanol–water partition coefficient (Wildman–Crippen LogP) is 4.56. The van der Waals surface area contributed by atoms with Gasteiger partial charge in [-0.3, -0.25) is 0 Å². The Morgan fingerprint density at radius 1 is 1.21 bits per heavy atom. The third-order valence-corrected chi connectivity index (χ3v) is 4.10. The molecule has 2 aromatic heterocycles. The van der Waals surface area contributed by atoms with Crippen molar-refractivity contribution >= 4 is 46.1 Å². The maximum Gasteiger partial charge on any atom is 0.178 e. The standard InChI is InChI=1S/C13H9Cl2N3S/c14-9-5-11-12(16-6-9)18-13(17-11)19-7-8-3-1-2-4-10(8)15/h1-6H,7H2,(H,16,17,18). The maximum absolute atomic E-state index is 6.12. The van der Waals surface area contributed by atoms with Gasteiger partial charge < -0.3 is 4.98 Å². The van der Waals surface area contributed by atoms with Crippen LogP contribution in [0.3, 0.4) is 0 Å². The van der Waals surface area contributed by atoms with Crippen LogP contribution in [0.4, 0.5) is 0 Å². The van der Waals surface area contributed by atoms with E-state index in [0.29, 0.717) is 10.7 Å². The van der Waals surface area contributed by atoms with E-state index in [2.05, 4.69) is 15.0 Å². The highest BCUT2D eigenvalue weighted by Gasteiger charge is 2.06. The van der Waals surface area contributed by atoms with Crippen LogP contribution < -0.4 is 0 Å². The third kappa shape index (κ3) is 2.86. The molecule has 3 nitrogen and oxygen atoms in total. The van der Waals surface area contributed by atoms with Gasteiger partial charge in [-0.2, -0.15) is 0 Å². The largest absolute Gasteiger partial charge is 0.331 e. The zero-order valence-corrected chi connectivity index (χ0v) is 12.1. The van der Waals surface area contributed by atoms with E-state index in [0.717, 1.165) is 27.0 Å². The van der Waals surface area contributed by atoms with Crippen LogP contribution in [0, 0.1) is 0 Å². The average molecular weight is 310 g/mol. The van der Waals surface area contributed by atoms with E-state index in [1.54, 1.807) is 18.0 Å². The normalized spacial score (nSPS) is 11.1. The van der Waals surface area contributed by atoms with Crippen LogP contribution in [0.2, 0.25) is 10.0 Å². The summed E-state index contributed by atoms with van der Waals surface area (Å²) in [6.45, 7) is 0. The Labute approximate surface area is 124 Å². The summed E-state index contributed by atoms with van der Waals surface area (Å²) in [6, 6.07) is 9.60. The molecule has 0 radical (unpaired) electrons. The number of thioether (sulfide) groups is 1. The fourth-order valence-corrected chi connectivity index (χ4v) is 3.00. The molecule has 1 aromatic carbocycles. The Morgan fingerprint density at radius 2 is 2.05 bits per heavy atom. The second-order valence-electron chi connectivity index (χ2n) is 3.95. The van der Waals surface area contributed by atoms with E-state index in [1.807, 2.05) is 30.3 Å². The third-order valence-electron chi connectivity index (χ3n) is 2.60. The first kappa shape index (κ1) is 12.8. The molecular weight excluding hydrogens is 301 g/mol. The summed E-state index contributed by atoms with van der Waals surface area (Å²) in [5.41, 5.74) is 2.60. The van der Waals surface area contributed by atoms with Crippen LogP contribution in [0.15, 0.2) is 41.7 Å². The van der Waals surface area contributed by atoms with Gasteiger partial charge in [0.1, 0.15) is 0 Å². The Morgan fingerprint density at radius 3 is 2.89 bits per heavy atom. The smallest absolute Gasteiger partial charge is 0.178 e. The molecule has 6 heteroatoms. The molecule has 96 valence electrons. The molecule has 0 atom stereocenters. The molecule has 3 rings (SSSR count). The Kier molecular flexibility index (Phi) is 3.64. The van der Waals surface area contributed by atoms with Gasteiger partial charge in [0.05, 0.1) is 10.5 Å². The Bertz CT molecular complexity index is 727. The topological polar surface area (TPSA) is 41.6 Å². The Balaban J connectivity index is 1.80. The SMILES string of the molecule is Clc1cnc2nc(SCc3ccccc3Cl)[nH]c2c1. The monoisotopic (exact) mass is 309 g/mol. The summed E-state index contributed by atoms with van der Waals surface area (Å²) in [4.78, 5) is 11.7. The quantitative estimate of drug-likeness (QED) is 0.721. The van der Waals surface area contributed by atoms with Gasteiger partial charge in [0, 0.05) is 17.0 Å². The summed E-state index contributed by atoms with van der Waals surface area (Å²) in [6.07, 6.45) is 1.59. The molecule has 0 aliphatic rings. The number of pyridine rings is 1. The van der Waals surface area contributed by atoms with Gasteiger partial charge in [0.15, 0.2) is 10.8 Å². The van der Waals surface area contributed by atoms with Gasteiger partial charge in [-0.05, 0) is 17.7 Å². The van der Waals surface area contributed by atoms with E-state index in [1.165, 1.54) is 0 Å². The van der Waals surface area contributed by atoms with Crippen molar-refractivity contribution in [2.75, 3.05) is 0 Å². The van der Waals surface area contributed by atoms with Gasteiger partial charge in [-0.25, -0.2) is 9.97 Å². The van der Waals surface area contributed by atoms with Crippen LogP contribution in [0.25, 0.3) is 11.2 Å². The number of fused-ring (bicyclic) bond motifs is 1. The summed E-state index contributed by atoms with van der Waals surface area (Å²) in [7, 11) is 0. The van der Waals surface area contributed by atoms with E-state index in [9.17, 15) is 0 Å². The molecule has 2 heterocycles. The lowest BCUT2D eigenvalue weighted by molar-refractivity contribution is 1.07. The van der Waals surface area contributed by atoms with Crippen molar-refractivity contribution in [3.63, 3.8) is 0 Å². The van der Waals surface area contributed by atoms with Gasteiger partial charge in [0.25, 0.3) is 0 Å². The summed E-state index contributed by atoms with van der Waals surface area (Å²) in [5, 5.41) is 2.18. The number of nitrogens with one attached hydrogen (secondary N) is 1. The fourth-order valence-electron chi connectivity index (χ4n) is 1.68. The first-order chi connectivity index (χ1) is 9.22. The number of aromatic nitrogens is 3. The second-order valence-corrected chi connectivity index (χ2v) is 5.75. The number of H-pyrrole nitrogens is 1. The molecule has 0 unspecified atom stereocenters. The lowest BCUT2D eigenvalue weighted by Gasteiger charge is -2.01. The van der Waals surface area contributed by atoms with Crippen molar-refractivity contribution < 1.29 is 0 Å². The molecule has 1 N–H and O–H groups in total. The van der Waals surface area contributed by atoms with Crippen molar-refractivity contribution in [3.8, 4) is 0 Å². The average Bonchev–Trinajstić information content (AvgIpc) is 2.79. The number of aromatic amines is 1. The molecule has 0 aliphatic heterocycles. The number of imidazole rings is 1. The molecule has 0 fully saturated rings. The minimum Gasteiger partial charge on any atom is -0.331 e. The summed E-state index contributed by atoms with van der Waals surface area (Å²) in [5.74, 6) is 0.757.